The van der Waals surface area contributed by atoms with E-state index in [4.69, 9.17) is 10.3 Å². The Morgan fingerprint density at radius 3 is 2.69 bits per heavy atom. The van der Waals surface area contributed by atoms with Crippen molar-refractivity contribution < 1.29 is 26.9 Å². The lowest BCUT2D eigenvalue weighted by Crippen LogP contribution is -2.39. The lowest BCUT2D eigenvalue weighted by atomic mass is 10.1. The van der Waals surface area contributed by atoms with Crippen molar-refractivity contribution in [3.05, 3.63) is 47.4 Å². The lowest BCUT2D eigenvalue weighted by molar-refractivity contribution is -0.115. The first-order chi connectivity index (χ1) is 13.6. The zero-order valence-corrected chi connectivity index (χ0v) is 15.5. The summed E-state index contributed by atoms with van der Waals surface area (Å²) >= 11 is 0. The summed E-state index contributed by atoms with van der Waals surface area (Å²) in [5.74, 6) is -1.13. The second kappa shape index (κ2) is 7.30. The maximum atomic E-state index is 14.2. The van der Waals surface area contributed by atoms with Gasteiger partial charge < -0.3 is 15.6 Å². The number of amides is 1. The van der Waals surface area contributed by atoms with Gasteiger partial charge in [-0.2, -0.15) is 13.2 Å². The van der Waals surface area contributed by atoms with Gasteiger partial charge in [0, 0.05) is 24.9 Å². The number of alkyl halides is 3. The number of carbonyl (C=O) groups is 1. The SMILES string of the molecule is CN=C(/C=C(\N)C(F)(F)F)C(=O)NC1(c2cc(-c3ccnc(C)c3F)no2)CC1. The van der Waals surface area contributed by atoms with Crippen molar-refractivity contribution in [3.8, 4) is 11.3 Å². The molecule has 1 aliphatic carbocycles. The number of aryl methyl sites for hydroxylation is 1. The van der Waals surface area contributed by atoms with Gasteiger partial charge in [-0.05, 0) is 31.9 Å². The van der Waals surface area contributed by atoms with Crippen molar-refractivity contribution in [1.29, 1.82) is 0 Å². The second-order valence-electron chi connectivity index (χ2n) is 6.58. The molecule has 3 rings (SSSR count). The fraction of sp³-hybridized carbons (Fsp3) is 0.333. The highest BCUT2D eigenvalue weighted by molar-refractivity contribution is 6.43. The highest BCUT2D eigenvalue weighted by atomic mass is 19.4. The summed E-state index contributed by atoms with van der Waals surface area (Å²) in [6.45, 7) is 1.51. The van der Waals surface area contributed by atoms with E-state index in [1.807, 2.05) is 0 Å². The number of hydrogen-bond donors (Lipinski definition) is 2. The minimum atomic E-state index is -4.78. The van der Waals surface area contributed by atoms with E-state index in [0.717, 1.165) is 0 Å². The first-order valence-electron chi connectivity index (χ1n) is 8.50. The van der Waals surface area contributed by atoms with Gasteiger partial charge in [0.15, 0.2) is 11.6 Å². The Balaban J connectivity index is 1.82. The number of nitrogens with two attached hydrogens (primary N) is 1. The third-order valence-electron chi connectivity index (χ3n) is 4.52. The highest BCUT2D eigenvalue weighted by Gasteiger charge is 2.50. The quantitative estimate of drug-likeness (QED) is 0.581. The zero-order chi connectivity index (χ0) is 21.4. The summed E-state index contributed by atoms with van der Waals surface area (Å²) in [6, 6.07) is 2.92. The molecular weight excluding hydrogens is 394 g/mol. The van der Waals surface area contributed by atoms with Crippen LogP contribution in [-0.4, -0.2) is 35.0 Å². The second-order valence-corrected chi connectivity index (χ2v) is 6.58. The average molecular weight is 411 g/mol. The van der Waals surface area contributed by atoms with E-state index in [9.17, 15) is 22.4 Å². The molecule has 0 radical (unpaired) electrons. The topological polar surface area (TPSA) is 106 Å². The highest BCUT2D eigenvalue weighted by Crippen LogP contribution is 2.46. The van der Waals surface area contributed by atoms with Gasteiger partial charge >= 0.3 is 6.18 Å². The summed E-state index contributed by atoms with van der Waals surface area (Å²) in [7, 11) is 1.18. The molecule has 1 fully saturated rings. The number of allylic oxidation sites excluding steroid dienone is 1. The molecule has 3 N–H and O–H groups in total. The minimum Gasteiger partial charge on any atom is -0.395 e. The van der Waals surface area contributed by atoms with Crippen molar-refractivity contribution in [2.75, 3.05) is 7.05 Å². The number of nitrogens with zero attached hydrogens (tertiary/aromatic N) is 3. The Kier molecular flexibility index (Phi) is 5.16. The molecule has 11 heteroatoms. The molecule has 1 saturated carbocycles. The number of carbonyl (C=O) groups excluding carboxylic acids is 1. The summed E-state index contributed by atoms with van der Waals surface area (Å²) in [6.07, 6.45) is -1.94. The molecular formula is C18H17F4N5O2. The normalized spacial score (nSPS) is 16.6. The number of rotatable bonds is 5. The molecule has 1 aliphatic rings. The number of aliphatic imine (C=N–C) groups is 1. The van der Waals surface area contributed by atoms with Crippen molar-refractivity contribution in [3.63, 3.8) is 0 Å². The number of nitrogens with one attached hydrogen (secondary N) is 1. The maximum Gasteiger partial charge on any atom is 0.430 e. The molecule has 2 aromatic rings. The number of aromatic nitrogens is 2. The molecule has 154 valence electrons. The standard InChI is InChI=1S/C18H17F4N5O2/c1-9-15(19)10(3-6-25-9)11-8-14(29-27-11)17(4-5-17)26-16(28)12(24-2)7-13(23)18(20,21)22/h3,6-8H,4-5,23H2,1-2H3,(H,26,28)/b13-7-,24-12?. The van der Waals surface area contributed by atoms with Crippen LogP contribution in [0, 0.1) is 12.7 Å². The molecule has 0 saturated heterocycles. The maximum absolute atomic E-state index is 14.2. The molecule has 0 aromatic carbocycles. The van der Waals surface area contributed by atoms with Gasteiger partial charge in [0.2, 0.25) is 0 Å². The van der Waals surface area contributed by atoms with E-state index < -0.39 is 34.8 Å². The molecule has 1 amide bonds. The fourth-order valence-corrected chi connectivity index (χ4v) is 2.67. The summed E-state index contributed by atoms with van der Waals surface area (Å²) in [4.78, 5) is 19.8. The monoisotopic (exact) mass is 411 g/mol. The largest absolute Gasteiger partial charge is 0.430 e. The van der Waals surface area contributed by atoms with Crippen LogP contribution in [0.4, 0.5) is 17.6 Å². The lowest BCUT2D eigenvalue weighted by Gasteiger charge is -2.14. The molecule has 2 aromatic heterocycles. The van der Waals surface area contributed by atoms with E-state index in [2.05, 4.69) is 20.4 Å². The van der Waals surface area contributed by atoms with Gasteiger partial charge in [-0.3, -0.25) is 14.8 Å². The molecule has 7 nitrogen and oxygen atoms in total. The van der Waals surface area contributed by atoms with Crippen LogP contribution in [-0.2, 0) is 10.3 Å². The van der Waals surface area contributed by atoms with E-state index >= 15 is 0 Å². The number of hydrogen-bond acceptors (Lipinski definition) is 6. The predicted octanol–water partition coefficient (Wildman–Crippen LogP) is 2.77. The molecule has 0 spiro atoms. The van der Waals surface area contributed by atoms with E-state index in [1.54, 1.807) is 0 Å². The fourth-order valence-electron chi connectivity index (χ4n) is 2.67. The van der Waals surface area contributed by atoms with Crippen LogP contribution in [0.5, 0.6) is 0 Å². The van der Waals surface area contributed by atoms with Gasteiger partial charge in [0.25, 0.3) is 5.91 Å². The molecule has 0 bridgehead atoms. The molecule has 0 aliphatic heterocycles. The van der Waals surface area contributed by atoms with Crippen LogP contribution in [0.15, 0.2) is 39.6 Å². The van der Waals surface area contributed by atoms with Crippen LogP contribution < -0.4 is 11.1 Å². The number of pyridine rings is 1. The summed E-state index contributed by atoms with van der Waals surface area (Å²) in [5, 5.41) is 6.45. The Bertz CT molecular complexity index is 1010. The van der Waals surface area contributed by atoms with Crippen LogP contribution in [0.3, 0.4) is 0 Å². The Morgan fingerprint density at radius 1 is 1.41 bits per heavy atom. The minimum absolute atomic E-state index is 0.186. The molecule has 0 atom stereocenters. The van der Waals surface area contributed by atoms with Gasteiger partial charge in [0.05, 0.1) is 5.69 Å². The van der Waals surface area contributed by atoms with Crippen molar-refractivity contribution in [2.24, 2.45) is 10.7 Å². The van der Waals surface area contributed by atoms with E-state index in [1.165, 1.54) is 32.3 Å². The average Bonchev–Trinajstić information content (AvgIpc) is 3.25. The molecule has 0 unspecified atom stereocenters. The van der Waals surface area contributed by atoms with Crippen LogP contribution in [0.1, 0.15) is 24.3 Å². The van der Waals surface area contributed by atoms with Crippen molar-refractivity contribution in [1.82, 2.24) is 15.5 Å². The van der Waals surface area contributed by atoms with Gasteiger partial charge in [0.1, 0.15) is 22.6 Å². The first kappa shape index (κ1) is 20.5. The summed E-state index contributed by atoms with van der Waals surface area (Å²) in [5.41, 5.74) is 2.68. The van der Waals surface area contributed by atoms with E-state index in [-0.39, 0.29) is 22.7 Å². The van der Waals surface area contributed by atoms with E-state index in [0.29, 0.717) is 18.9 Å². The van der Waals surface area contributed by atoms with Crippen LogP contribution >= 0.6 is 0 Å². The van der Waals surface area contributed by atoms with Gasteiger partial charge in [-0.1, -0.05) is 5.16 Å². The Hall–Kier alpha value is -3.24. The van der Waals surface area contributed by atoms with Crippen LogP contribution in [0.2, 0.25) is 0 Å². The Labute approximate surface area is 162 Å². The number of halogens is 4. The molecule has 2 heterocycles. The first-order valence-corrected chi connectivity index (χ1v) is 8.50. The predicted molar refractivity (Wildman–Crippen MR) is 95.2 cm³/mol. The Morgan fingerprint density at radius 2 is 2.10 bits per heavy atom. The van der Waals surface area contributed by atoms with Gasteiger partial charge in [-0.25, -0.2) is 4.39 Å². The zero-order valence-electron chi connectivity index (χ0n) is 15.5. The third-order valence-corrected chi connectivity index (χ3v) is 4.52. The van der Waals surface area contributed by atoms with Crippen molar-refractivity contribution in [2.45, 2.75) is 31.5 Å². The molecule has 29 heavy (non-hydrogen) atoms. The van der Waals surface area contributed by atoms with Crippen LogP contribution in [0.25, 0.3) is 11.3 Å². The van der Waals surface area contributed by atoms with Gasteiger partial charge in [-0.15, -0.1) is 0 Å². The van der Waals surface area contributed by atoms with Crippen molar-refractivity contribution >= 4 is 11.6 Å². The smallest absolute Gasteiger partial charge is 0.395 e. The summed E-state index contributed by atoms with van der Waals surface area (Å²) < 4.78 is 57.4. The third kappa shape index (κ3) is 4.13.